The van der Waals surface area contributed by atoms with Gasteiger partial charge in [0.15, 0.2) is 0 Å². The minimum Gasteiger partial charge on any atom is -0.465 e. The summed E-state index contributed by atoms with van der Waals surface area (Å²) in [7, 11) is 1.38. The Morgan fingerprint density at radius 1 is 1.40 bits per heavy atom. The first kappa shape index (κ1) is 15.6. The van der Waals surface area contributed by atoms with Crippen molar-refractivity contribution in [1.82, 2.24) is 9.97 Å². The van der Waals surface area contributed by atoms with E-state index >= 15 is 0 Å². The Kier molecular flexibility index (Phi) is 4.09. The normalized spacial score (nSPS) is 17.2. The average molecular weight is 337 g/mol. The van der Waals surface area contributed by atoms with E-state index in [1.165, 1.54) is 7.11 Å². The molecule has 3 aromatic rings. The van der Waals surface area contributed by atoms with Crippen LogP contribution in [-0.2, 0) is 11.2 Å². The molecule has 1 saturated heterocycles. The Morgan fingerprint density at radius 3 is 3.20 bits per heavy atom. The van der Waals surface area contributed by atoms with Crippen molar-refractivity contribution in [2.24, 2.45) is 5.92 Å². The number of anilines is 1. The van der Waals surface area contributed by atoms with Gasteiger partial charge < -0.3 is 14.1 Å². The van der Waals surface area contributed by atoms with Crippen molar-refractivity contribution in [3.8, 4) is 0 Å². The third-order valence-electron chi connectivity index (χ3n) is 4.68. The SMILES string of the molecule is COC(=O)c1cncc(CC2CCN(c3nccc4occc34)C2)c1. The summed E-state index contributed by atoms with van der Waals surface area (Å²) in [5.41, 5.74) is 2.42. The average Bonchev–Trinajstić information content (AvgIpc) is 3.30. The van der Waals surface area contributed by atoms with Crippen LogP contribution in [0.3, 0.4) is 0 Å². The molecule has 0 radical (unpaired) electrons. The summed E-state index contributed by atoms with van der Waals surface area (Å²) in [6.07, 6.45) is 8.82. The van der Waals surface area contributed by atoms with Crippen LogP contribution in [0.5, 0.6) is 0 Å². The van der Waals surface area contributed by atoms with Gasteiger partial charge in [0.05, 0.1) is 24.3 Å². The second-order valence-electron chi connectivity index (χ2n) is 6.35. The van der Waals surface area contributed by atoms with Gasteiger partial charge in [-0.25, -0.2) is 9.78 Å². The number of aromatic nitrogens is 2. The molecule has 1 atom stereocenters. The lowest BCUT2D eigenvalue weighted by atomic mass is 9.99. The minimum absolute atomic E-state index is 0.349. The molecule has 128 valence electrons. The van der Waals surface area contributed by atoms with Gasteiger partial charge in [-0.3, -0.25) is 4.98 Å². The molecular weight excluding hydrogens is 318 g/mol. The maximum atomic E-state index is 11.7. The monoisotopic (exact) mass is 337 g/mol. The molecule has 4 rings (SSSR count). The fourth-order valence-electron chi connectivity index (χ4n) is 3.49. The van der Waals surface area contributed by atoms with Gasteiger partial charge in [0.2, 0.25) is 0 Å². The zero-order valence-electron chi connectivity index (χ0n) is 14.0. The Bertz CT molecular complexity index is 906. The first-order chi connectivity index (χ1) is 12.2. The molecule has 0 aliphatic carbocycles. The summed E-state index contributed by atoms with van der Waals surface area (Å²) in [6.45, 7) is 1.89. The first-order valence-electron chi connectivity index (χ1n) is 8.34. The minimum atomic E-state index is -0.349. The van der Waals surface area contributed by atoms with Crippen LogP contribution in [0.4, 0.5) is 5.82 Å². The maximum Gasteiger partial charge on any atom is 0.339 e. The number of hydrogen-bond acceptors (Lipinski definition) is 6. The van der Waals surface area contributed by atoms with Gasteiger partial charge in [0, 0.05) is 31.7 Å². The smallest absolute Gasteiger partial charge is 0.339 e. The molecule has 0 amide bonds. The van der Waals surface area contributed by atoms with Crippen molar-refractivity contribution in [2.45, 2.75) is 12.8 Å². The number of pyridine rings is 2. The third kappa shape index (κ3) is 3.07. The first-order valence-corrected chi connectivity index (χ1v) is 8.34. The van der Waals surface area contributed by atoms with E-state index in [9.17, 15) is 4.79 Å². The molecule has 0 aromatic carbocycles. The highest BCUT2D eigenvalue weighted by Crippen LogP contribution is 2.30. The molecule has 4 heterocycles. The number of carbonyl (C=O) groups is 1. The number of furan rings is 1. The van der Waals surface area contributed by atoms with Gasteiger partial charge in [0.1, 0.15) is 11.4 Å². The van der Waals surface area contributed by atoms with E-state index in [2.05, 4.69) is 14.9 Å². The van der Waals surface area contributed by atoms with Crippen LogP contribution in [0.2, 0.25) is 0 Å². The summed E-state index contributed by atoms with van der Waals surface area (Å²) in [4.78, 5) is 22.7. The van der Waals surface area contributed by atoms with Crippen LogP contribution < -0.4 is 4.90 Å². The van der Waals surface area contributed by atoms with E-state index in [1.807, 2.05) is 24.4 Å². The maximum absolute atomic E-state index is 11.7. The Hall–Kier alpha value is -2.89. The summed E-state index contributed by atoms with van der Waals surface area (Å²) in [6, 6.07) is 5.72. The van der Waals surface area contributed by atoms with E-state index in [4.69, 9.17) is 9.15 Å². The van der Waals surface area contributed by atoms with E-state index in [-0.39, 0.29) is 5.97 Å². The number of carbonyl (C=O) groups excluding carboxylic acids is 1. The van der Waals surface area contributed by atoms with Gasteiger partial charge in [-0.15, -0.1) is 0 Å². The van der Waals surface area contributed by atoms with Crippen molar-refractivity contribution >= 4 is 22.8 Å². The van der Waals surface area contributed by atoms with Crippen LogP contribution in [-0.4, -0.2) is 36.1 Å². The molecular formula is C19H19N3O3. The van der Waals surface area contributed by atoms with Crippen LogP contribution >= 0.6 is 0 Å². The summed E-state index contributed by atoms with van der Waals surface area (Å²) in [5.74, 6) is 1.13. The number of rotatable bonds is 4. The lowest BCUT2D eigenvalue weighted by Gasteiger charge is -2.18. The lowest BCUT2D eigenvalue weighted by Crippen LogP contribution is -2.21. The van der Waals surface area contributed by atoms with Crippen LogP contribution in [0.25, 0.3) is 11.0 Å². The molecule has 0 bridgehead atoms. The quantitative estimate of drug-likeness (QED) is 0.682. The second-order valence-corrected chi connectivity index (χ2v) is 6.35. The standard InChI is InChI=1S/C19H19N3O3/c1-24-19(23)15-9-14(10-20-11-15)8-13-3-6-22(12-13)18-16-4-7-25-17(16)2-5-21-18/h2,4-5,7,9-11,13H,3,6,8,12H2,1H3. The summed E-state index contributed by atoms with van der Waals surface area (Å²) >= 11 is 0. The van der Waals surface area contributed by atoms with Gasteiger partial charge in [0.25, 0.3) is 0 Å². The number of fused-ring (bicyclic) bond motifs is 1. The molecule has 0 saturated carbocycles. The largest absolute Gasteiger partial charge is 0.465 e. The van der Waals surface area contributed by atoms with Crippen molar-refractivity contribution in [2.75, 3.05) is 25.1 Å². The zero-order chi connectivity index (χ0) is 17.2. The number of nitrogens with zero attached hydrogens (tertiary/aromatic N) is 3. The van der Waals surface area contributed by atoms with Crippen molar-refractivity contribution in [3.63, 3.8) is 0 Å². The van der Waals surface area contributed by atoms with Gasteiger partial charge in [-0.05, 0) is 42.5 Å². The Labute approximate surface area is 145 Å². The second kappa shape index (κ2) is 6.55. The predicted octanol–water partition coefficient (Wildman–Crippen LogP) is 3.08. The van der Waals surface area contributed by atoms with Crippen molar-refractivity contribution < 1.29 is 13.9 Å². The highest BCUT2D eigenvalue weighted by Gasteiger charge is 2.25. The predicted molar refractivity (Wildman–Crippen MR) is 93.6 cm³/mol. The van der Waals surface area contributed by atoms with E-state index in [1.54, 1.807) is 18.7 Å². The highest BCUT2D eigenvalue weighted by molar-refractivity contribution is 5.89. The number of methoxy groups -OCH3 is 1. The molecule has 0 spiro atoms. The van der Waals surface area contributed by atoms with Crippen LogP contribution in [0.1, 0.15) is 22.3 Å². The van der Waals surface area contributed by atoms with Gasteiger partial charge in [-0.1, -0.05) is 0 Å². The molecule has 6 nitrogen and oxygen atoms in total. The third-order valence-corrected chi connectivity index (χ3v) is 4.68. The van der Waals surface area contributed by atoms with Gasteiger partial charge in [-0.2, -0.15) is 0 Å². The van der Waals surface area contributed by atoms with Crippen LogP contribution in [0.15, 0.2) is 47.5 Å². The zero-order valence-corrected chi connectivity index (χ0v) is 14.0. The van der Waals surface area contributed by atoms with Crippen molar-refractivity contribution in [3.05, 3.63) is 54.2 Å². The topological polar surface area (TPSA) is 68.5 Å². The molecule has 6 heteroatoms. The Morgan fingerprint density at radius 2 is 2.32 bits per heavy atom. The molecule has 3 aromatic heterocycles. The molecule has 1 unspecified atom stereocenters. The van der Waals surface area contributed by atoms with Gasteiger partial charge >= 0.3 is 5.97 Å². The lowest BCUT2D eigenvalue weighted by molar-refractivity contribution is 0.0600. The molecule has 1 aliphatic heterocycles. The fourth-order valence-corrected chi connectivity index (χ4v) is 3.49. The summed E-state index contributed by atoms with van der Waals surface area (Å²) in [5, 5.41) is 1.05. The van der Waals surface area contributed by atoms with E-state index < -0.39 is 0 Å². The highest BCUT2D eigenvalue weighted by atomic mass is 16.5. The Balaban J connectivity index is 1.48. The fraction of sp³-hybridized carbons (Fsp3) is 0.316. The number of hydrogen-bond donors (Lipinski definition) is 0. The number of esters is 1. The van der Waals surface area contributed by atoms with Crippen molar-refractivity contribution in [1.29, 1.82) is 0 Å². The number of ether oxygens (including phenoxy) is 1. The molecule has 1 fully saturated rings. The van der Waals surface area contributed by atoms with E-state index in [0.717, 1.165) is 48.3 Å². The molecule has 0 N–H and O–H groups in total. The van der Waals surface area contributed by atoms with E-state index in [0.29, 0.717) is 11.5 Å². The summed E-state index contributed by atoms with van der Waals surface area (Å²) < 4.78 is 10.2. The molecule has 1 aliphatic rings. The molecule has 25 heavy (non-hydrogen) atoms. The van der Waals surface area contributed by atoms with Crippen LogP contribution in [0, 0.1) is 5.92 Å².